The minimum absolute atomic E-state index is 0.138. The van der Waals surface area contributed by atoms with Gasteiger partial charge in [-0.3, -0.25) is 14.7 Å². The number of carbonyl (C=O) groups is 1. The summed E-state index contributed by atoms with van der Waals surface area (Å²) in [5, 5.41) is 5.18. The number of hydrogen-bond acceptors (Lipinski definition) is 6. The van der Waals surface area contributed by atoms with Gasteiger partial charge in [0.2, 0.25) is 0 Å². The fourth-order valence-electron chi connectivity index (χ4n) is 2.72. The summed E-state index contributed by atoms with van der Waals surface area (Å²) in [7, 11) is 0. The summed E-state index contributed by atoms with van der Waals surface area (Å²) in [6.07, 6.45) is 5.74. The average molecular weight is 317 g/mol. The molecule has 1 atom stereocenters. The van der Waals surface area contributed by atoms with Crippen molar-refractivity contribution in [2.75, 3.05) is 18.8 Å². The van der Waals surface area contributed by atoms with Crippen molar-refractivity contribution in [2.45, 2.75) is 25.4 Å². The quantitative estimate of drug-likeness (QED) is 0.893. The van der Waals surface area contributed by atoms with Crippen molar-refractivity contribution in [3.8, 4) is 0 Å². The first kappa shape index (κ1) is 14.9. The van der Waals surface area contributed by atoms with Crippen molar-refractivity contribution in [3.63, 3.8) is 0 Å². The number of rotatable bonds is 4. The lowest BCUT2D eigenvalue weighted by Gasteiger charge is -2.33. The van der Waals surface area contributed by atoms with Gasteiger partial charge in [0.15, 0.2) is 5.13 Å². The summed E-state index contributed by atoms with van der Waals surface area (Å²) < 4.78 is 0. The zero-order valence-corrected chi connectivity index (χ0v) is 13.1. The van der Waals surface area contributed by atoms with Crippen molar-refractivity contribution >= 4 is 22.4 Å². The van der Waals surface area contributed by atoms with Crippen LogP contribution in [0.4, 0.5) is 5.13 Å². The van der Waals surface area contributed by atoms with Crippen LogP contribution in [0.25, 0.3) is 0 Å². The van der Waals surface area contributed by atoms with Crippen LogP contribution in [-0.4, -0.2) is 39.9 Å². The summed E-state index contributed by atoms with van der Waals surface area (Å²) in [5.41, 5.74) is 7.18. The van der Waals surface area contributed by atoms with Crippen LogP contribution < -0.4 is 11.1 Å². The summed E-state index contributed by atoms with van der Waals surface area (Å²) >= 11 is 1.29. The maximum Gasteiger partial charge on any atom is 0.271 e. The number of hydrogen-bond donors (Lipinski definition) is 2. The molecule has 116 valence electrons. The normalized spacial score (nSPS) is 19.0. The third-order valence-corrected chi connectivity index (χ3v) is 4.40. The Kier molecular flexibility index (Phi) is 4.65. The Hall–Kier alpha value is -1.99. The van der Waals surface area contributed by atoms with Crippen LogP contribution in [0.2, 0.25) is 0 Å². The monoisotopic (exact) mass is 317 g/mol. The van der Waals surface area contributed by atoms with E-state index in [2.05, 4.69) is 26.3 Å². The average Bonchev–Trinajstić information content (AvgIpc) is 2.95. The highest BCUT2D eigenvalue weighted by atomic mass is 32.1. The van der Waals surface area contributed by atoms with Crippen molar-refractivity contribution in [1.29, 1.82) is 0 Å². The van der Waals surface area contributed by atoms with Gasteiger partial charge >= 0.3 is 0 Å². The molecule has 0 radical (unpaired) electrons. The van der Waals surface area contributed by atoms with Gasteiger partial charge in [-0.1, -0.05) is 6.07 Å². The predicted octanol–water partition coefficient (Wildman–Crippen LogP) is 1.51. The van der Waals surface area contributed by atoms with E-state index in [4.69, 9.17) is 5.73 Å². The van der Waals surface area contributed by atoms with Gasteiger partial charge in [0, 0.05) is 36.9 Å². The van der Waals surface area contributed by atoms with Crippen molar-refractivity contribution in [1.82, 2.24) is 20.2 Å². The zero-order valence-electron chi connectivity index (χ0n) is 12.2. The number of aromatic nitrogens is 2. The predicted molar refractivity (Wildman–Crippen MR) is 86.5 cm³/mol. The summed E-state index contributed by atoms with van der Waals surface area (Å²) in [4.78, 5) is 22.7. The van der Waals surface area contributed by atoms with Gasteiger partial charge in [-0.05, 0) is 31.0 Å². The standard InChI is InChI=1S/C15H19N5OS/c16-15-19-13(10-22-15)14(21)18-12-4-2-6-20(9-12)8-11-3-1-5-17-7-11/h1,3,5,7,10,12H,2,4,6,8-9H2,(H2,16,19)(H,18,21)/t12-/m1/s1. The van der Waals surface area contributed by atoms with Gasteiger partial charge in [0.1, 0.15) is 5.69 Å². The second-order valence-corrected chi connectivity index (χ2v) is 6.37. The minimum Gasteiger partial charge on any atom is -0.375 e. The molecule has 0 aliphatic carbocycles. The van der Waals surface area contributed by atoms with E-state index in [1.54, 1.807) is 11.6 Å². The van der Waals surface area contributed by atoms with Crippen LogP contribution >= 0.6 is 11.3 Å². The zero-order chi connectivity index (χ0) is 15.4. The highest BCUT2D eigenvalue weighted by Crippen LogP contribution is 2.15. The van der Waals surface area contributed by atoms with E-state index in [-0.39, 0.29) is 11.9 Å². The van der Waals surface area contributed by atoms with E-state index in [1.807, 2.05) is 12.3 Å². The Morgan fingerprint density at radius 2 is 2.45 bits per heavy atom. The highest BCUT2D eigenvalue weighted by Gasteiger charge is 2.22. The number of piperidine rings is 1. The van der Waals surface area contributed by atoms with Crippen LogP contribution in [0, 0.1) is 0 Å². The third-order valence-electron chi connectivity index (χ3n) is 3.72. The molecule has 0 spiro atoms. The molecule has 3 N–H and O–H groups in total. The Balaban J connectivity index is 1.55. The minimum atomic E-state index is -0.138. The van der Waals surface area contributed by atoms with Crippen LogP contribution in [0.1, 0.15) is 28.9 Å². The molecular formula is C15H19N5OS. The summed E-state index contributed by atoms with van der Waals surface area (Å²) in [6.45, 7) is 2.76. The molecule has 0 aromatic carbocycles. The van der Waals surface area contributed by atoms with Crippen LogP contribution in [-0.2, 0) is 6.54 Å². The van der Waals surface area contributed by atoms with E-state index >= 15 is 0 Å². The molecule has 0 unspecified atom stereocenters. The lowest BCUT2D eigenvalue weighted by atomic mass is 10.0. The molecule has 1 amide bonds. The van der Waals surface area contributed by atoms with E-state index in [0.717, 1.165) is 32.5 Å². The fraction of sp³-hybridized carbons (Fsp3) is 0.400. The topological polar surface area (TPSA) is 84.1 Å². The van der Waals surface area contributed by atoms with Crippen molar-refractivity contribution < 1.29 is 4.79 Å². The van der Waals surface area contributed by atoms with Gasteiger partial charge in [0.25, 0.3) is 5.91 Å². The largest absolute Gasteiger partial charge is 0.375 e. The number of carbonyl (C=O) groups excluding carboxylic acids is 1. The van der Waals surface area contributed by atoms with Crippen LogP contribution in [0.15, 0.2) is 29.9 Å². The van der Waals surface area contributed by atoms with E-state index < -0.39 is 0 Å². The first-order chi connectivity index (χ1) is 10.7. The van der Waals surface area contributed by atoms with Gasteiger partial charge in [0.05, 0.1) is 0 Å². The Labute approximate surface area is 133 Å². The molecule has 2 aromatic heterocycles. The van der Waals surface area contributed by atoms with E-state index in [0.29, 0.717) is 10.8 Å². The molecule has 7 heteroatoms. The number of nitrogens with two attached hydrogens (primary N) is 1. The molecule has 22 heavy (non-hydrogen) atoms. The molecule has 1 aliphatic heterocycles. The number of likely N-dealkylation sites (tertiary alicyclic amines) is 1. The second kappa shape index (κ2) is 6.85. The summed E-state index contributed by atoms with van der Waals surface area (Å²) in [6, 6.07) is 4.18. The molecule has 1 fully saturated rings. The second-order valence-electron chi connectivity index (χ2n) is 5.48. The number of nitrogens with one attached hydrogen (secondary N) is 1. The van der Waals surface area contributed by atoms with Gasteiger partial charge in [-0.15, -0.1) is 11.3 Å². The highest BCUT2D eigenvalue weighted by molar-refractivity contribution is 7.13. The van der Waals surface area contributed by atoms with Crippen LogP contribution in [0.3, 0.4) is 0 Å². The van der Waals surface area contributed by atoms with E-state index in [1.165, 1.54) is 16.9 Å². The molecular weight excluding hydrogens is 298 g/mol. The van der Waals surface area contributed by atoms with Crippen LogP contribution in [0.5, 0.6) is 0 Å². The summed E-state index contributed by atoms with van der Waals surface area (Å²) in [5.74, 6) is -0.138. The number of thiazole rings is 1. The molecule has 0 bridgehead atoms. The van der Waals surface area contributed by atoms with Crippen molar-refractivity contribution in [3.05, 3.63) is 41.2 Å². The lowest BCUT2D eigenvalue weighted by molar-refractivity contribution is 0.0896. The fourth-order valence-corrected chi connectivity index (χ4v) is 3.26. The SMILES string of the molecule is Nc1nc(C(=O)N[C@@H]2CCCN(Cc3cccnc3)C2)cs1. The number of pyridine rings is 1. The molecule has 1 saturated heterocycles. The maximum absolute atomic E-state index is 12.1. The van der Waals surface area contributed by atoms with Crippen molar-refractivity contribution in [2.24, 2.45) is 0 Å². The van der Waals surface area contributed by atoms with Gasteiger partial charge < -0.3 is 11.1 Å². The number of anilines is 1. The number of nitrogen functional groups attached to an aromatic ring is 1. The molecule has 1 aliphatic rings. The van der Waals surface area contributed by atoms with E-state index in [9.17, 15) is 4.79 Å². The first-order valence-corrected chi connectivity index (χ1v) is 8.22. The smallest absolute Gasteiger partial charge is 0.271 e. The number of nitrogens with zero attached hydrogens (tertiary/aromatic N) is 3. The molecule has 3 heterocycles. The Morgan fingerprint density at radius 1 is 1.55 bits per heavy atom. The Morgan fingerprint density at radius 3 is 3.18 bits per heavy atom. The molecule has 6 nitrogen and oxygen atoms in total. The lowest BCUT2D eigenvalue weighted by Crippen LogP contribution is -2.47. The molecule has 3 rings (SSSR count). The Bertz CT molecular complexity index is 630. The maximum atomic E-state index is 12.1. The third kappa shape index (κ3) is 3.80. The van der Waals surface area contributed by atoms with Gasteiger partial charge in [-0.25, -0.2) is 4.98 Å². The van der Waals surface area contributed by atoms with Gasteiger partial charge in [-0.2, -0.15) is 0 Å². The number of amides is 1. The first-order valence-electron chi connectivity index (χ1n) is 7.34. The molecule has 0 saturated carbocycles. The molecule has 2 aromatic rings.